The molecule has 0 unspecified atom stereocenters. The van der Waals surface area contributed by atoms with E-state index in [1.54, 1.807) is 0 Å². The smallest absolute Gasteiger partial charge is 0.228 e. The van der Waals surface area contributed by atoms with Crippen molar-refractivity contribution >= 4 is 40.0 Å². The van der Waals surface area contributed by atoms with E-state index in [9.17, 15) is 0 Å². The summed E-state index contributed by atoms with van der Waals surface area (Å²) in [5.41, 5.74) is 3.95. The van der Waals surface area contributed by atoms with Crippen molar-refractivity contribution in [1.82, 2.24) is 29.5 Å². The van der Waals surface area contributed by atoms with Crippen LogP contribution in [0, 0.1) is 0 Å². The average Bonchev–Trinajstić information content (AvgIpc) is 3.36. The molecular weight excluding hydrogens is 500 g/mol. The van der Waals surface area contributed by atoms with Crippen LogP contribution in [0.2, 0.25) is 5.02 Å². The Morgan fingerprint density at radius 2 is 1.68 bits per heavy atom. The number of nitrogens with one attached hydrogen (secondary N) is 1. The van der Waals surface area contributed by atoms with E-state index < -0.39 is 0 Å². The number of anilines is 3. The summed E-state index contributed by atoms with van der Waals surface area (Å²) in [4.78, 5) is 16.9. The molecule has 0 aliphatic carbocycles. The van der Waals surface area contributed by atoms with E-state index in [-0.39, 0.29) is 0 Å². The molecule has 2 aliphatic rings. The monoisotopic (exact) mass is 532 g/mol. The first-order valence-corrected chi connectivity index (χ1v) is 13.6. The molecule has 9 nitrogen and oxygen atoms in total. The van der Waals surface area contributed by atoms with Crippen LogP contribution >= 0.6 is 11.6 Å². The van der Waals surface area contributed by atoms with Crippen molar-refractivity contribution in [2.45, 2.75) is 6.54 Å². The van der Waals surface area contributed by atoms with Crippen LogP contribution in [-0.2, 0) is 11.3 Å². The van der Waals surface area contributed by atoms with Crippen LogP contribution in [0.3, 0.4) is 0 Å². The van der Waals surface area contributed by atoms with Gasteiger partial charge in [-0.1, -0.05) is 23.7 Å². The number of morpholine rings is 1. The van der Waals surface area contributed by atoms with Gasteiger partial charge in [-0.15, -0.1) is 0 Å². The molecule has 2 aromatic heterocycles. The van der Waals surface area contributed by atoms with Crippen LogP contribution in [-0.4, -0.2) is 95.6 Å². The van der Waals surface area contributed by atoms with Gasteiger partial charge in [-0.25, -0.2) is 4.98 Å². The average molecular weight is 533 g/mol. The number of halogens is 1. The molecule has 4 aromatic rings. The van der Waals surface area contributed by atoms with Crippen molar-refractivity contribution in [1.29, 1.82) is 0 Å². The minimum atomic E-state index is 0.673. The van der Waals surface area contributed by atoms with E-state index in [4.69, 9.17) is 31.4 Å². The Morgan fingerprint density at radius 1 is 0.895 bits per heavy atom. The summed E-state index contributed by atoms with van der Waals surface area (Å²) in [6.07, 6.45) is 1.95. The van der Waals surface area contributed by atoms with E-state index in [0.29, 0.717) is 24.2 Å². The predicted molar refractivity (Wildman–Crippen MR) is 152 cm³/mol. The van der Waals surface area contributed by atoms with Gasteiger partial charge in [-0.2, -0.15) is 10.1 Å². The molecule has 2 aromatic carbocycles. The molecule has 0 amide bonds. The first-order chi connectivity index (χ1) is 18.6. The number of hydrogen-bond donors (Lipinski definition) is 1. The normalized spacial score (nSPS) is 17.3. The summed E-state index contributed by atoms with van der Waals surface area (Å²) in [6.45, 7) is 9.19. The number of rotatable bonds is 7. The van der Waals surface area contributed by atoms with Crippen LogP contribution in [0.25, 0.3) is 22.2 Å². The van der Waals surface area contributed by atoms with Crippen LogP contribution in [0.5, 0.6) is 0 Å². The molecule has 0 spiro atoms. The third kappa shape index (κ3) is 5.76. The zero-order chi connectivity index (χ0) is 25.9. The summed E-state index contributed by atoms with van der Waals surface area (Å²) in [5, 5.41) is 9.97. The summed E-state index contributed by atoms with van der Waals surface area (Å²) in [6, 6.07) is 16.1. The van der Waals surface area contributed by atoms with Crippen molar-refractivity contribution < 1.29 is 4.74 Å². The molecular formula is C28H33ClN8O. The van der Waals surface area contributed by atoms with E-state index >= 15 is 0 Å². The standard InChI is InChI=1S/C28H33ClN8O/c1-34-8-10-35(11-9-34)12-13-37-26-18-21(2-3-22(26)20-30-37)25-19-27(31-24-6-4-23(29)5-7-24)33-28(32-25)36-14-16-38-17-15-36/h2-7,18-20H,8-17H2,1H3,(H,31,32,33). The van der Waals surface area contributed by atoms with E-state index in [0.717, 1.165) is 86.0 Å². The third-order valence-corrected chi connectivity index (χ3v) is 7.54. The Bertz CT molecular complexity index is 1380. The summed E-state index contributed by atoms with van der Waals surface area (Å²) in [5.74, 6) is 1.44. The first kappa shape index (κ1) is 25.1. The SMILES string of the molecule is CN1CCN(CCn2ncc3ccc(-c4cc(Nc5ccc(Cl)cc5)nc(N5CCOCC5)n4)cc32)CC1. The first-order valence-electron chi connectivity index (χ1n) is 13.2. The van der Waals surface area contributed by atoms with Gasteiger partial charge in [0.15, 0.2) is 0 Å². The van der Waals surface area contributed by atoms with Gasteiger partial charge in [0.25, 0.3) is 0 Å². The molecule has 6 rings (SSSR count). The number of likely N-dealkylation sites (N-methyl/N-ethyl adjacent to an activating group) is 1. The quantitative estimate of drug-likeness (QED) is 0.383. The minimum absolute atomic E-state index is 0.673. The summed E-state index contributed by atoms with van der Waals surface area (Å²) >= 11 is 6.09. The lowest BCUT2D eigenvalue weighted by Crippen LogP contribution is -2.45. The summed E-state index contributed by atoms with van der Waals surface area (Å²) < 4.78 is 7.68. The number of hydrogen-bond acceptors (Lipinski definition) is 8. The molecule has 2 saturated heterocycles. The highest BCUT2D eigenvalue weighted by Crippen LogP contribution is 2.28. The van der Waals surface area contributed by atoms with Crippen molar-refractivity contribution in [3.05, 3.63) is 59.8 Å². The van der Waals surface area contributed by atoms with Crippen molar-refractivity contribution in [2.24, 2.45) is 0 Å². The highest BCUT2D eigenvalue weighted by Gasteiger charge is 2.18. The molecule has 0 saturated carbocycles. The molecule has 38 heavy (non-hydrogen) atoms. The molecule has 1 N–H and O–H groups in total. The lowest BCUT2D eigenvalue weighted by atomic mass is 10.1. The molecule has 0 bridgehead atoms. The van der Waals surface area contributed by atoms with Gasteiger partial charge in [-0.3, -0.25) is 9.58 Å². The van der Waals surface area contributed by atoms with E-state index in [2.05, 4.69) is 49.9 Å². The minimum Gasteiger partial charge on any atom is -0.378 e. The van der Waals surface area contributed by atoms with Crippen molar-refractivity contribution in [3.8, 4) is 11.3 Å². The van der Waals surface area contributed by atoms with Crippen molar-refractivity contribution in [3.63, 3.8) is 0 Å². The second-order valence-electron chi connectivity index (χ2n) is 9.96. The molecule has 2 fully saturated rings. The highest BCUT2D eigenvalue weighted by molar-refractivity contribution is 6.30. The third-order valence-electron chi connectivity index (χ3n) is 7.29. The molecule has 0 atom stereocenters. The fourth-order valence-electron chi connectivity index (χ4n) is 4.95. The number of benzene rings is 2. The maximum absolute atomic E-state index is 6.09. The van der Waals surface area contributed by atoms with Crippen LogP contribution < -0.4 is 10.2 Å². The maximum Gasteiger partial charge on any atom is 0.228 e. The van der Waals surface area contributed by atoms with E-state index in [1.807, 2.05) is 36.5 Å². The fraction of sp³-hybridized carbons (Fsp3) is 0.393. The Balaban J connectivity index is 1.30. The Morgan fingerprint density at radius 3 is 2.47 bits per heavy atom. The van der Waals surface area contributed by atoms with Gasteiger partial charge in [0.1, 0.15) is 5.82 Å². The lowest BCUT2D eigenvalue weighted by Gasteiger charge is -2.32. The largest absolute Gasteiger partial charge is 0.378 e. The Labute approximate surface area is 228 Å². The molecule has 198 valence electrons. The van der Waals surface area contributed by atoms with Gasteiger partial charge in [0.2, 0.25) is 5.95 Å². The second kappa shape index (κ2) is 11.2. The molecule has 0 radical (unpaired) electrons. The number of nitrogens with zero attached hydrogens (tertiary/aromatic N) is 7. The summed E-state index contributed by atoms with van der Waals surface area (Å²) in [7, 11) is 2.19. The highest BCUT2D eigenvalue weighted by atomic mass is 35.5. The van der Waals surface area contributed by atoms with Crippen LogP contribution in [0.1, 0.15) is 0 Å². The van der Waals surface area contributed by atoms with Gasteiger partial charge in [0.05, 0.1) is 37.2 Å². The molecule has 2 aliphatic heterocycles. The van der Waals surface area contributed by atoms with Crippen LogP contribution in [0.15, 0.2) is 54.7 Å². The second-order valence-corrected chi connectivity index (χ2v) is 10.4. The number of piperazine rings is 1. The zero-order valence-corrected chi connectivity index (χ0v) is 22.4. The maximum atomic E-state index is 6.09. The van der Waals surface area contributed by atoms with Gasteiger partial charge >= 0.3 is 0 Å². The van der Waals surface area contributed by atoms with E-state index in [1.165, 1.54) is 0 Å². The fourth-order valence-corrected chi connectivity index (χ4v) is 5.07. The Hall–Kier alpha value is -3.24. The number of aromatic nitrogens is 4. The predicted octanol–water partition coefficient (Wildman–Crippen LogP) is 3.97. The Kier molecular flexibility index (Phi) is 7.42. The van der Waals surface area contributed by atoms with Gasteiger partial charge in [-0.05, 0) is 37.4 Å². The lowest BCUT2D eigenvalue weighted by molar-refractivity contribution is 0.122. The molecule has 4 heterocycles. The number of fused-ring (bicyclic) bond motifs is 1. The number of ether oxygens (including phenoxy) is 1. The van der Waals surface area contributed by atoms with Crippen molar-refractivity contribution in [2.75, 3.05) is 76.3 Å². The molecule has 10 heteroatoms. The van der Waals surface area contributed by atoms with Gasteiger partial charge in [0, 0.05) is 73.5 Å². The zero-order valence-electron chi connectivity index (χ0n) is 21.7. The van der Waals surface area contributed by atoms with Gasteiger partial charge < -0.3 is 19.9 Å². The topological polar surface area (TPSA) is 74.6 Å². The van der Waals surface area contributed by atoms with Crippen LogP contribution in [0.4, 0.5) is 17.5 Å².